The van der Waals surface area contributed by atoms with Crippen LogP contribution in [0, 0.1) is 11.8 Å². The Hall–Kier alpha value is -4.14. The molecule has 1 saturated carbocycles. The molecule has 1 fully saturated rings. The van der Waals surface area contributed by atoms with E-state index in [2.05, 4.69) is 0 Å². The molecule has 1 aliphatic carbocycles. The van der Waals surface area contributed by atoms with Crippen LogP contribution in [0.1, 0.15) is 50.2 Å². The molecular formula is C31H35NO8. The largest absolute Gasteiger partial charge is 0.497 e. The molecule has 40 heavy (non-hydrogen) atoms. The Morgan fingerprint density at radius 3 is 2.25 bits per heavy atom. The Labute approximate surface area is 234 Å². The van der Waals surface area contributed by atoms with Gasteiger partial charge in [0.25, 0.3) is 0 Å². The zero-order valence-electron chi connectivity index (χ0n) is 23.7. The summed E-state index contributed by atoms with van der Waals surface area (Å²) < 4.78 is 27.2. The van der Waals surface area contributed by atoms with Crippen LogP contribution in [0.4, 0.5) is 0 Å². The number of hydrogen-bond donors (Lipinski definition) is 0. The van der Waals surface area contributed by atoms with E-state index in [0.717, 1.165) is 5.56 Å². The van der Waals surface area contributed by atoms with E-state index in [1.807, 2.05) is 18.2 Å². The molecule has 4 atom stereocenters. The number of allylic oxidation sites excluding steroid dienone is 1. The predicted octanol–water partition coefficient (Wildman–Crippen LogP) is 4.64. The highest BCUT2D eigenvalue weighted by Gasteiger charge is 2.53. The number of esters is 2. The molecule has 0 spiro atoms. The molecule has 2 aromatic carbocycles. The lowest BCUT2D eigenvalue weighted by molar-refractivity contribution is -0.153. The highest BCUT2D eigenvalue weighted by molar-refractivity contribution is 6.17. The van der Waals surface area contributed by atoms with Gasteiger partial charge in [0.1, 0.15) is 11.7 Å². The maximum absolute atomic E-state index is 14.5. The van der Waals surface area contributed by atoms with Gasteiger partial charge < -0.3 is 23.7 Å². The van der Waals surface area contributed by atoms with E-state index in [9.17, 15) is 14.4 Å². The maximum atomic E-state index is 14.5. The predicted molar refractivity (Wildman–Crippen MR) is 148 cm³/mol. The number of benzene rings is 2. The highest BCUT2D eigenvalue weighted by Crippen LogP contribution is 2.49. The summed E-state index contributed by atoms with van der Waals surface area (Å²) in [6.07, 6.45) is 0.324. The molecule has 0 aromatic heterocycles. The fraction of sp³-hybridized carbons (Fsp3) is 0.419. The first-order valence-corrected chi connectivity index (χ1v) is 13.3. The summed E-state index contributed by atoms with van der Waals surface area (Å²) in [6.45, 7) is 5.46. The van der Waals surface area contributed by atoms with Crippen LogP contribution in [0.15, 0.2) is 58.7 Å². The van der Waals surface area contributed by atoms with E-state index < -0.39 is 35.6 Å². The fourth-order valence-corrected chi connectivity index (χ4v) is 5.75. The van der Waals surface area contributed by atoms with Crippen molar-refractivity contribution in [2.45, 2.75) is 39.0 Å². The normalized spacial score (nSPS) is 22.1. The number of methoxy groups -OCH3 is 3. The lowest BCUT2D eigenvalue weighted by Crippen LogP contribution is -2.48. The number of carbonyl (C=O) groups excluding carboxylic acids is 3. The van der Waals surface area contributed by atoms with Gasteiger partial charge in [0.05, 0.1) is 46.0 Å². The van der Waals surface area contributed by atoms with E-state index >= 15 is 0 Å². The zero-order chi connectivity index (χ0) is 29.0. The minimum atomic E-state index is -1.10. The molecule has 0 N–H and O–H groups in total. The van der Waals surface area contributed by atoms with Crippen molar-refractivity contribution in [1.29, 1.82) is 0 Å². The molecule has 1 aliphatic heterocycles. The summed E-state index contributed by atoms with van der Waals surface area (Å²) in [7, 11) is 4.61. The number of Topliss-reactive ketones (excluding diaryl/α,β-unsaturated/α-hetero) is 1. The Morgan fingerprint density at radius 1 is 0.875 bits per heavy atom. The monoisotopic (exact) mass is 549 g/mol. The molecule has 1 unspecified atom stereocenters. The molecule has 0 amide bonds. The van der Waals surface area contributed by atoms with Crippen LogP contribution in [0.2, 0.25) is 0 Å². The number of ether oxygens (including phenoxy) is 5. The van der Waals surface area contributed by atoms with Gasteiger partial charge in [-0.25, -0.2) is 4.79 Å². The molecule has 4 rings (SSSR count). The van der Waals surface area contributed by atoms with E-state index in [0.29, 0.717) is 40.6 Å². The van der Waals surface area contributed by atoms with Gasteiger partial charge in [-0.2, -0.15) is 0 Å². The quantitative estimate of drug-likeness (QED) is 0.329. The van der Waals surface area contributed by atoms with E-state index in [1.54, 1.807) is 52.1 Å². The second-order valence-corrected chi connectivity index (χ2v) is 9.61. The average molecular weight is 550 g/mol. The number of nitrogens with zero attached hydrogens (tertiary/aromatic N) is 1. The van der Waals surface area contributed by atoms with Gasteiger partial charge in [-0.15, -0.1) is 0 Å². The summed E-state index contributed by atoms with van der Waals surface area (Å²) >= 11 is 0. The minimum Gasteiger partial charge on any atom is -0.497 e. The van der Waals surface area contributed by atoms with Crippen molar-refractivity contribution in [3.05, 3.63) is 64.9 Å². The molecule has 9 heteroatoms. The smallest absolute Gasteiger partial charge is 0.336 e. The van der Waals surface area contributed by atoms with Crippen molar-refractivity contribution < 1.29 is 38.1 Å². The number of ketones is 1. The van der Waals surface area contributed by atoms with Crippen LogP contribution in [-0.2, 0) is 23.9 Å². The highest BCUT2D eigenvalue weighted by atomic mass is 16.5. The Bertz CT molecular complexity index is 1360. The second kappa shape index (κ2) is 12.4. The molecular weight excluding hydrogens is 514 g/mol. The average Bonchev–Trinajstić information content (AvgIpc) is 2.96. The van der Waals surface area contributed by atoms with Gasteiger partial charge >= 0.3 is 11.9 Å². The van der Waals surface area contributed by atoms with Gasteiger partial charge in [0.2, 0.25) is 0 Å². The number of aliphatic imine (C=N–C) groups is 1. The van der Waals surface area contributed by atoms with Crippen molar-refractivity contribution >= 4 is 23.4 Å². The third kappa shape index (κ3) is 5.33. The number of fused-ring (bicyclic) bond motifs is 1. The summed E-state index contributed by atoms with van der Waals surface area (Å²) in [5, 5.41) is 0. The molecule has 0 saturated heterocycles. The molecule has 2 aliphatic rings. The topological polar surface area (TPSA) is 110 Å². The van der Waals surface area contributed by atoms with Gasteiger partial charge in [-0.3, -0.25) is 14.6 Å². The fourth-order valence-electron chi connectivity index (χ4n) is 5.75. The first-order valence-electron chi connectivity index (χ1n) is 13.3. The maximum Gasteiger partial charge on any atom is 0.336 e. The van der Waals surface area contributed by atoms with E-state index in [-0.39, 0.29) is 24.6 Å². The van der Waals surface area contributed by atoms with Crippen LogP contribution in [-0.4, -0.2) is 58.0 Å². The molecule has 1 heterocycles. The van der Waals surface area contributed by atoms with Crippen LogP contribution in [0.5, 0.6) is 17.2 Å². The number of hydrogen-bond acceptors (Lipinski definition) is 9. The van der Waals surface area contributed by atoms with Crippen molar-refractivity contribution in [3.8, 4) is 17.2 Å². The van der Waals surface area contributed by atoms with Crippen molar-refractivity contribution in [2.24, 2.45) is 16.8 Å². The summed E-state index contributed by atoms with van der Waals surface area (Å²) in [4.78, 5) is 45.9. The first-order chi connectivity index (χ1) is 19.3. The third-order valence-corrected chi connectivity index (χ3v) is 7.47. The lowest BCUT2D eigenvalue weighted by Gasteiger charge is -2.41. The van der Waals surface area contributed by atoms with Crippen LogP contribution in [0.3, 0.4) is 0 Å². The minimum absolute atomic E-state index is 0.130. The number of carbonyl (C=O) groups is 3. The molecule has 9 nitrogen and oxygen atoms in total. The molecule has 212 valence electrons. The summed E-state index contributed by atoms with van der Waals surface area (Å²) in [5.41, 5.74) is 2.76. The van der Waals surface area contributed by atoms with E-state index in [1.165, 1.54) is 14.2 Å². The lowest BCUT2D eigenvalue weighted by atomic mass is 9.62. The van der Waals surface area contributed by atoms with Gasteiger partial charge in [-0.1, -0.05) is 18.2 Å². The molecule has 0 radical (unpaired) electrons. The van der Waals surface area contributed by atoms with Gasteiger partial charge in [0, 0.05) is 23.2 Å². The first kappa shape index (κ1) is 28.9. The summed E-state index contributed by atoms with van der Waals surface area (Å²) in [6, 6.07) is 12.6. The Morgan fingerprint density at radius 2 is 1.60 bits per heavy atom. The molecule has 0 bridgehead atoms. The SMILES string of the molecule is CCOC(=O)C1=C(C)N=C2C[C@@H](c3cccc(OC)c3)[C@H](C(=O)OCC)C(=O)C2[C@@H]1c1ccc(OC)c(OC)c1. The second-order valence-electron chi connectivity index (χ2n) is 9.61. The van der Waals surface area contributed by atoms with Crippen molar-refractivity contribution in [2.75, 3.05) is 34.5 Å². The zero-order valence-corrected chi connectivity index (χ0v) is 23.7. The van der Waals surface area contributed by atoms with Crippen LogP contribution < -0.4 is 14.2 Å². The van der Waals surface area contributed by atoms with Gasteiger partial charge in [-0.05, 0) is 62.6 Å². The Balaban J connectivity index is 1.91. The van der Waals surface area contributed by atoms with E-state index in [4.69, 9.17) is 28.7 Å². The molecule has 2 aromatic rings. The number of rotatable bonds is 9. The standard InChI is InChI=1S/C31H35NO8/c1-7-39-30(34)25-17(3)32-22-16-21(18-10-9-11-20(14-18)36-4)27(31(35)40-8-2)29(33)28(22)26(25)19-12-13-23(37-5)24(15-19)38-6/h9-15,21,26-28H,7-8,16H2,1-6H3/t21-,26+,27-,28?/m0/s1. The Kier molecular flexibility index (Phi) is 8.92. The van der Waals surface area contributed by atoms with Gasteiger partial charge in [0.15, 0.2) is 17.3 Å². The van der Waals surface area contributed by atoms with Crippen molar-refractivity contribution in [3.63, 3.8) is 0 Å². The third-order valence-electron chi connectivity index (χ3n) is 7.47. The van der Waals surface area contributed by atoms with Crippen LogP contribution >= 0.6 is 0 Å². The summed E-state index contributed by atoms with van der Waals surface area (Å²) in [5.74, 6) is -3.18. The van der Waals surface area contributed by atoms with Crippen LogP contribution in [0.25, 0.3) is 0 Å². The van der Waals surface area contributed by atoms with Crippen molar-refractivity contribution in [1.82, 2.24) is 0 Å².